The summed E-state index contributed by atoms with van der Waals surface area (Å²) in [7, 11) is -1.74. The van der Waals surface area contributed by atoms with Gasteiger partial charge in [0.1, 0.15) is 18.1 Å². The Hall–Kier alpha value is -1.31. The van der Waals surface area contributed by atoms with Crippen molar-refractivity contribution >= 4 is 10.2 Å². The number of rotatable bonds is 6. The van der Waals surface area contributed by atoms with Crippen molar-refractivity contribution < 1.29 is 17.9 Å². The number of hydrogen-bond donors (Lipinski definition) is 0. The minimum Gasteiger partial charge on any atom is -0.497 e. The number of piperidine rings is 1. The maximum atomic E-state index is 13.1. The molecule has 2 unspecified atom stereocenters. The van der Waals surface area contributed by atoms with Crippen LogP contribution in [0.4, 0.5) is 0 Å². The standard InChI is InChI=1S/C18H26N2O4S/c1-23-16-6-8-17(9-7-16)24-13-18-14-4-5-15(12-14)20(18)25(21,22)19-10-2-3-11-19/h6-9,14-15,18H,2-5,10-13H2,1H3/t14?,15?,18-/m0/s1. The van der Waals surface area contributed by atoms with Crippen LogP contribution in [0.25, 0.3) is 0 Å². The molecule has 2 aliphatic heterocycles. The van der Waals surface area contributed by atoms with Gasteiger partial charge in [-0.25, -0.2) is 0 Å². The van der Waals surface area contributed by atoms with E-state index in [1.165, 1.54) is 0 Å². The van der Waals surface area contributed by atoms with E-state index in [9.17, 15) is 8.42 Å². The number of nitrogens with zero attached hydrogens (tertiary/aromatic N) is 2. The Morgan fingerprint density at radius 2 is 1.76 bits per heavy atom. The Morgan fingerprint density at radius 3 is 2.44 bits per heavy atom. The van der Waals surface area contributed by atoms with Crippen molar-refractivity contribution in [2.75, 3.05) is 26.8 Å². The van der Waals surface area contributed by atoms with Gasteiger partial charge in [-0.1, -0.05) is 0 Å². The summed E-state index contributed by atoms with van der Waals surface area (Å²) in [4.78, 5) is 0. The lowest BCUT2D eigenvalue weighted by Gasteiger charge is -2.36. The molecule has 3 fully saturated rings. The van der Waals surface area contributed by atoms with E-state index in [0.29, 0.717) is 25.6 Å². The molecule has 1 aromatic carbocycles. The van der Waals surface area contributed by atoms with Crippen molar-refractivity contribution in [2.24, 2.45) is 5.92 Å². The zero-order chi connectivity index (χ0) is 17.4. The predicted octanol–water partition coefficient (Wildman–Crippen LogP) is 2.27. The van der Waals surface area contributed by atoms with Gasteiger partial charge < -0.3 is 9.47 Å². The van der Waals surface area contributed by atoms with Crippen molar-refractivity contribution in [1.29, 1.82) is 0 Å². The molecule has 6 nitrogen and oxygen atoms in total. The second kappa shape index (κ2) is 6.78. The van der Waals surface area contributed by atoms with Gasteiger partial charge in [-0.15, -0.1) is 0 Å². The number of methoxy groups -OCH3 is 1. The van der Waals surface area contributed by atoms with Crippen LogP contribution in [0.3, 0.4) is 0 Å². The molecule has 1 saturated carbocycles. The van der Waals surface area contributed by atoms with Gasteiger partial charge in [0.05, 0.1) is 13.2 Å². The van der Waals surface area contributed by atoms with Crippen LogP contribution in [0.1, 0.15) is 32.1 Å². The largest absolute Gasteiger partial charge is 0.497 e. The van der Waals surface area contributed by atoms with Gasteiger partial charge in [-0.2, -0.15) is 17.0 Å². The summed E-state index contributed by atoms with van der Waals surface area (Å²) in [6, 6.07) is 7.55. The number of fused-ring (bicyclic) bond motifs is 2. The molecule has 2 bridgehead atoms. The third kappa shape index (κ3) is 3.13. The number of ether oxygens (including phenoxy) is 2. The first-order chi connectivity index (χ1) is 12.1. The van der Waals surface area contributed by atoms with E-state index in [-0.39, 0.29) is 12.1 Å². The summed E-state index contributed by atoms with van der Waals surface area (Å²) >= 11 is 0. The summed E-state index contributed by atoms with van der Waals surface area (Å²) < 4.78 is 40.8. The Kier molecular flexibility index (Phi) is 4.64. The van der Waals surface area contributed by atoms with Crippen LogP contribution in [0.5, 0.6) is 11.5 Å². The summed E-state index contributed by atoms with van der Waals surface area (Å²) in [6.45, 7) is 1.73. The van der Waals surface area contributed by atoms with Crippen molar-refractivity contribution in [3.63, 3.8) is 0 Å². The van der Waals surface area contributed by atoms with Gasteiger partial charge in [0, 0.05) is 19.1 Å². The van der Waals surface area contributed by atoms with Gasteiger partial charge in [-0.3, -0.25) is 0 Å². The summed E-state index contributed by atoms with van der Waals surface area (Å²) in [5, 5.41) is 0. The average Bonchev–Trinajstić information content (AvgIpc) is 3.36. The molecular formula is C18H26N2O4S. The normalized spacial score (nSPS) is 30.0. The van der Waals surface area contributed by atoms with Crippen molar-refractivity contribution in [2.45, 2.75) is 44.2 Å². The SMILES string of the molecule is COc1ccc(OC[C@H]2C3CCC(C3)N2S(=O)(=O)N2CCCC2)cc1. The van der Waals surface area contributed by atoms with Crippen LogP contribution in [-0.4, -0.2) is 55.9 Å². The molecule has 1 aliphatic carbocycles. The molecule has 0 aromatic heterocycles. The van der Waals surface area contributed by atoms with Gasteiger partial charge in [-0.05, 0) is 62.3 Å². The molecule has 3 atom stereocenters. The lowest BCUT2D eigenvalue weighted by Crippen LogP contribution is -2.52. The second-order valence-corrected chi connectivity index (χ2v) is 9.06. The third-order valence-corrected chi connectivity index (χ3v) is 7.93. The molecular weight excluding hydrogens is 340 g/mol. The maximum Gasteiger partial charge on any atom is 0.282 e. The smallest absolute Gasteiger partial charge is 0.282 e. The quantitative estimate of drug-likeness (QED) is 0.775. The van der Waals surface area contributed by atoms with Crippen molar-refractivity contribution in [1.82, 2.24) is 8.61 Å². The fourth-order valence-electron chi connectivity index (χ4n) is 4.53. The van der Waals surface area contributed by atoms with Crippen LogP contribution in [0.15, 0.2) is 24.3 Å². The highest BCUT2D eigenvalue weighted by Crippen LogP contribution is 2.45. The highest BCUT2D eigenvalue weighted by molar-refractivity contribution is 7.86. The van der Waals surface area contributed by atoms with E-state index in [2.05, 4.69) is 0 Å². The highest BCUT2D eigenvalue weighted by Gasteiger charge is 2.53. The molecule has 2 saturated heterocycles. The molecule has 0 spiro atoms. The zero-order valence-electron chi connectivity index (χ0n) is 14.6. The molecule has 0 amide bonds. The maximum absolute atomic E-state index is 13.1. The van der Waals surface area contributed by atoms with E-state index < -0.39 is 10.2 Å². The fraction of sp³-hybridized carbons (Fsp3) is 0.667. The van der Waals surface area contributed by atoms with Gasteiger partial charge in [0.15, 0.2) is 0 Å². The molecule has 25 heavy (non-hydrogen) atoms. The van der Waals surface area contributed by atoms with Crippen LogP contribution in [0, 0.1) is 5.92 Å². The molecule has 4 rings (SSSR count). The Labute approximate surface area is 149 Å². The van der Waals surface area contributed by atoms with Gasteiger partial charge >= 0.3 is 0 Å². The van der Waals surface area contributed by atoms with Crippen LogP contribution < -0.4 is 9.47 Å². The van der Waals surface area contributed by atoms with Gasteiger partial charge in [0.25, 0.3) is 10.2 Å². The summed E-state index contributed by atoms with van der Waals surface area (Å²) in [6.07, 6.45) is 5.00. The Balaban J connectivity index is 1.48. The highest BCUT2D eigenvalue weighted by atomic mass is 32.2. The average molecular weight is 366 g/mol. The van der Waals surface area contributed by atoms with E-state index >= 15 is 0 Å². The Morgan fingerprint density at radius 1 is 1.08 bits per heavy atom. The topological polar surface area (TPSA) is 59.1 Å². The van der Waals surface area contributed by atoms with Crippen molar-refractivity contribution in [3.05, 3.63) is 24.3 Å². The van der Waals surface area contributed by atoms with E-state index in [1.54, 1.807) is 15.7 Å². The molecule has 3 aliphatic rings. The van der Waals surface area contributed by atoms with Gasteiger partial charge in [0.2, 0.25) is 0 Å². The first-order valence-electron chi connectivity index (χ1n) is 9.15. The minimum atomic E-state index is -3.37. The Bertz CT molecular complexity index is 700. The van der Waals surface area contributed by atoms with E-state index in [0.717, 1.165) is 43.6 Å². The predicted molar refractivity (Wildman–Crippen MR) is 95.0 cm³/mol. The van der Waals surface area contributed by atoms with E-state index in [4.69, 9.17) is 9.47 Å². The summed E-state index contributed by atoms with van der Waals surface area (Å²) in [5.74, 6) is 1.95. The lowest BCUT2D eigenvalue weighted by molar-refractivity contribution is 0.156. The fourth-order valence-corrected chi connectivity index (χ4v) is 6.66. The first-order valence-corrected chi connectivity index (χ1v) is 10.5. The van der Waals surface area contributed by atoms with Crippen LogP contribution >= 0.6 is 0 Å². The molecule has 138 valence electrons. The van der Waals surface area contributed by atoms with Crippen LogP contribution in [0.2, 0.25) is 0 Å². The summed E-state index contributed by atoms with van der Waals surface area (Å²) in [5.41, 5.74) is 0. The molecule has 2 heterocycles. The van der Waals surface area contributed by atoms with Crippen molar-refractivity contribution in [3.8, 4) is 11.5 Å². The molecule has 1 aromatic rings. The third-order valence-electron chi connectivity index (χ3n) is 5.81. The molecule has 0 radical (unpaired) electrons. The second-order valence-electron chi connectivity index (χ2n) is 7.22. The number of benzene rings is 1. The molecule has 0 N–H and O–H groups in total. The van der Waals surface area contributed by atoms with Crippen LogP contribution in [-0.2, 0) is 10.2 Å². The number of hydrogen-bond acceptors (Lipinski definition) is 4. The monoisotopic (exact) mass is 366 g/mol. The van der Waals surface area contributed by atoms with E-state index in [1.807, 2.05) is 24.3 Å². The molecule has 7 heteroatoms. The minimum absolute atomic E-state index is 0.0496. The first kappa shape index (κ1) is 17.1. The lowest BCUT2D eigenvalue weighted by atomic mass is 10.0. The zero-order valence-corrected chi connectivity index (χ0v) is 15.5.